The van der Waals surface area contributed by atoms with Gasteiger partial charge in [-0.05, 0) is 221 Å². The zero-order valence-electron chi connectivity index (χ0n) is 73.0. The number of aliphatic hydroxyl groups is 3. The molecule has 3 aliphatic heterocycles. The topological polar surface area (TPSA) is 339 Å². The highest BCUT2D eigenvalue weighted by atomic mass is 16.5. The molecule has 6 N–H and O–H groups in total. The Morgan fingerprint density at radius 3 is 1.09 bits per heavy atom. The van der Waals surface area contributed by atoms with Crippen LogP contribution in [0, 0.1) is 17.3 Å². The Hall–Kier alpha value is -8.98. The van der Waals surface area contributed by atoms with Gasteiger partial charge < -0.3 is 64.9 Å². The maximum absolute atomic E-state index is 13.7. The number of aliphatic hydroxyl groups excluding tert-OH is 3. The van der Waals surface area contributed by atoms with Gasteiger partial charge >= 0.3 is 0 Å². The smallest absolute Gasteiger partial charge is 0.250 e. The summed E-state index contributed by atoms with van der Waals surface area (Å²) >= 11 is 0. The molecule has 3 saturated heterocycles. The molecule has 3 amide bonds. The van der Waals surface area contributed by atoms with Crippen LogP contribution in [0.5, 0.6) is 0 Å². The first-order chi connectivity index (χ1) is 57.5. The van der Waals surface area contributed by atoms with Crippen molar-refractivity contribution < 1.29 is 48.7 Å². The summed E-state index contributed by atoms with van der Waals surface area (Å²) in [6.45, 7) is 28.1. The van der Waals surface area contributed by atoms with Crippen molar-refractivity contribution in [2.75, 3.05) is 96.4 Å². The third-order valence-corrected chi connectivity index (χ3v) is 27.2. The lowest BCUT2D eigenvalue weighted by molar-refractivity contribution is -0.151. The monoisotopic (exact) mass is 1650 g/mol. The van der Waals surface area contributed by atoms with E-state index in [1.165, 1.54) is 38.5 Å². The van der Waals surface area contributed by atoms with Crippen LogP contribution in [0.25, 0.3) is 49.9 Å². The summed E-state index contributed by atoms with van der Waals surface area (Å²) in [6, 6.07) is 6.77. The number of fused-ring (bicyclic) bond motifs is 4. The van der Waals surface area contributed by atoms with Crippen LogP contribution in [0.1, 0.15) is 233 Å². The first-order valence-corrected chi connectivity index (χ1v) is 44.2. The maximum atomic E-state index is 13.7. The molecule has 0 unspecified atom stereocenters. The zero-order valence-corrected chi connectivity index (χ0v) is 73.0. The minimum Gasteiger partial charge on any atom is -0.393 e. The Labute approximate surface area is 704 Å². The van der Waals surface area contributed by atoms with Crippen LogP contribution in [0.3, 0.4) is 0 Å². The van der Waals surface area contributed by atoms with Crippen molar-refractivity contribution in [2.45, 2.75) is 281 Å². The fourth-order valence-electron chi connectivity index (χ4n) is 20.2. The molecule has 9 aromatic heterocycles. The number of morpholine rings is 1. The first kappa shape index (κ1) is 86.0. The molecular formula is C89H129N21O10. The quantitative estimate of drug-likeness (QED) is 0.0327. The summed E-state index contributed by atoms with van der Waals surface area (Å²) in [5.74, 6) is 4.14. The zero-order chi connectivity index (χ0) is 84.7. The van der Waals surface area contributed by atoms with E-state index in [4.69, 9.17) is 44.4 Å². The lowest BCUT2D eigenvalue weighted by Crippen LogP contribution is -2.54. The van der Waals surface area contributed by atoms with Gasteiger partial charge in [-0.3, -0.25) is 28.4 Å². The molecule has 0 bridgehead atoms. The minimum atomic E-state index is -0.863. The molecule has 5 saturated carbocycles. The van der Waals surface area contributed by atoms with Gasteiger partial charge in [-0.15, -0.1) is 15.3 Å². The highest BCUT2D eigenvalue weighted by Gasteiger charge is 2.48. The number of nitrogens with one attached hydrogen (secondary N) is 3. The maximum Gasteiger partial charge on any atom is 0.250 e. The van der Waals surface area contributed by atoms with Crippen LogP contribution in [-0.2, 0) is 49.9 Å². The number of hydrogen-bond donors (Lipinski definition) is 6. The molecule has 7 atom stereocenters. The SMILES string of the molecule is COC[C@H](C)Nc1ncc2c(-c3cnn(C(C)(C)C(=O)N4CCC5(CCC5)C4)c3)cc(C3CCC(O)CC3)n2n1.COC[C@H](C)Nc1ncc2c(-c3cnn(C(C)(C)C(=O)N4C[C@@H](C)O[C@@H](C)C4)c3)cc(C3CCC(O)CC3)n2n1.COC[C@H](C)Nc1ncc2c(-c3cnn(C(C)(C)C(=O)N4C[C@H]5CCC[C@H]5C4)c3)cc(C3CCC(O)CC3)n2n1. The fourth-order valence-corrected chi connectivity index (χ4v) is 20.2. The number of carbonyl (C=O) groups excluding carboxylic acids is 3. The minimum absolute atomic E-state index is 0.000535. The molecule has 12 heterocycles. The van der Waals surface area contributed by atoms with Crippen LogP contribution >= 0.6 is 0 Å². The van der Waals surface area contributed by atoms with Crippen molar-refractivity contribution in [3.8, 4) is 33.4 Å². The first-order valence-electron chi connectivity index (χ1n) is 44.2. The highest BCUT2D eigenvalue weighted by Crippen LogP contribution is 2.49. The lowest BCUT2D eigenvalue weighted by Gasteiger charge is -2.39. The van der Waals surface area contributed by atoms with Crippen molar-refractivity contribution in [3.05, 3.63) is 91.1 Å². The third kappa shape index (κ3) is 18.1. The van der Waals surface area contributed by atoms with Gasteiger partial charge in [0, 0.05) is 166 Å². The second-order valence-electron chi connectivity index (χ2n) is 37.8. The molecule has 650 valence electrons. The number of anilines is 3. The van der Waals surface area contributed by atoms with Crippen molar-refractivity contribution in [3.63, 3.8) is 0 Å². The number of rotatable bonds is 24. The van der Waals surface area contributed by atoms with E-state index < -0.39 is 16.6 Å². The Bertz CT molecular complexity index is 4830. The number of ether oxygens (including phenoxy) is 4. The number of aromatic nitrogens is 15. The van der Waals surface area contributed by atoms with E-state index >= 15 is 0 Å². The van der Waals surface area contributed by atoms with E-state index in [2.05, 4.69) is 64.0 Å². The molecule has 31 heteroatoms. The number of likely N-dealkylation sites (tertiary alicyclic amines) is 2. The highest BCUT2D eigenvalue weighted by molar-refractivity contribution is 5.88. The predicted octanol–water partition coefficient (Wildman–Crippen LogP) is 11.7. The van der Waals surface area contributed by atoms with E-state index in [0.29, 0.717) is 79.8 Å². The van der Waals surface area contributed by atoms with E-state index in [9.17, 15) is 29.7 Å². The molecular weight excluding hydrogens is 1520 g/mol. The number of carbonyl (C=O) groups is 3. The van der Waals surface area contributed by atoms with Gasteiger partial charge in [0.05, 0.1) is 104 Å². The normalized spacial score (nSPS) is 24.7. The van der Waals surface area contributed by atoms with E-state index in [1.807, 2.05) is 160 Å². The summed E-state index contributed by atoms with van der Waals surface area (Å²) in [5.41, 5.74) is 9.73. The molecule has 17 rings (SSSR count). The van der Waals surface area contributed by atoms with Crippen LogP contribution in [0.2, 0.25) is 0 Å². The Morgan fingerprint density at radius 2 is 0.783 bits per heavy atom. The van der Waals surface area contributed by atoms with Crippen LogP contribution in [0.15, 0.2) is 74.0 Å². The lowest BCUT2D eigenvalue weighted by atomic mass is 9.68. The van der Waals surface area contributed by atoms with E-state index in [-0.39, 0.29) is 72.3 Å². The van der Waals surface area contributed by atoms with Crippen molar-refractivity contribution in [2.24, 2.45) is 17.3 Å². The number of nitrogens with zero attached hydrogens (tertiary/aromatic N) is 18. The molecule has 1 spiro atoms. The van der Waals surface area contributed by atoms with Gasteiger partial charge in [0.2, 0.25) is 35.6 Å². The molecule has 8 aliphatic rings. The molecule has 0 aromatic carbocycles. The summed E-state index contributed by atoms with van der Waals surface area (Å²) in [5, 5.41) is 69.0. The molecule has 5 aliphatic carbocycles. The molecule has 9 aromatic rings. The molecule has 0 radical (unpaired) electrons. The van der Waals surface area contributed by atoms with Gasteiger partial charge in [0.15, 0.2) is 0 Å². The molecule has 31 nitrogen and oxygen atoms in total. The largest absolute Gasteiger partial charge is 0.393 e. The summed E-state index contributed by atoms with van der Waals surface area (Å²) in [4.78, 5) is 60.8. The number of amides is 3. The summed E-state index contributed by atoms with van der Waals surface area (Å²) in [7, 11) is 5.04. The van der Waals surface area contributed by atoms with Crippen LogP contribution < -0.4 is 16.0 Å². The van der Waals surface area contributed by atoms with Gasteiger partial charge in [-0.1, -0.05) is 12.8 Å². The van der Waals surface area contributed by atoms with Gasteiger partial charge in [0.25, 0.3) is 0 Å². The average molecular weight is 1650 g/mol. The summed E-state index contributed by atoms with van der Waals surface area (Å²) < 4.78 is 33.0. The second kappa shape index (κ2) is 35.8. The van der Waals surface area contributed by atoms with Crippen LogP contribution in [0.4, 0.5) is 17.8 Å². The average Bonchev–Trinajstić information content (AvgIpc) is 1.61. The van der Waals surface area contributed by atoms with E-state index in [1.54, 1.807) is 26.0 Å². The molecule has 120 heavy (non-hydrogen) atoms. The second-order valence-corrected chi connectivity index (χ2v) is 37.8. The van der Waals surface area contributed by atoms with Gasteiger partial charge in [-0.2, -0.15) is 15.3 Å². The van der Waals surface area contributed by atoms with Gasteiger partial charge in [-0.25, -0.2) is 28.5 Å². The van der Waals surface area contributed by atoms with Crippen molar-refractivity contribution in [1.29, 1.82) is 0 Å². The Morgan fingerprint density at radius 1 is 0.458 bits per heavy atom. The Kier molecular flexibility index (Phi) is 25.7. The fraction of sp³-hybridized carbons (Fsp3) is 0.663. The van der Waals surface area contributed by atoms with E-state index in [0.717, 1.165) is 177 Å². The predicted molar refractivity (Wildman–Crippen MR) is 459 cm³/mol. The third-order valence-electron chi connectivity index (χ3n) is 27.2. The number of methoxy groups -OCH3 is 3. The van der Waals surface area contributed by atoms with Gasteiger partial charge in [0.1, 0.15) is 16.6 Å². The standard InChI is InChI=1S/2C30H43N7O3.C29H43N7O4/c1-20(18-40-4)33-28-31-16-26-24(14-25(37(26)34-28)21-6-8-23(38)9-7-21)22-15-32-36(17-22)29(2,3)27(39)35-13-12-30(19-35)10-5-11-30;1-19(18-40-4)33-29-31-14-27-25(12-26(37(27)34-29)20-8-10-24(38)11-9-20)23-13-32-36(17-23)30(2,3)28(39)35-15-21-6-5-7-22(21)16-35;1-18(17-39-6)32-28-30-13-26-24(11-25(36(26)33-28)21-7-9-23(37)10-8-21)22-12-31-35(16-22)29(4,5)27(38)34-14-19(2)40-20(3)15-34/h14-17,20-21,23,38H,5-13,18-19H2,1-4H3,(H,33,34);12-14,17,19-22,24,38H,5-11,15-16,18H2,1-4H3,(H,33,34);11-13,16,18-21,23,37H,7-10,14-15,17H2,1-6H3,(H,32,33)/t20-,21?,23?;19-,20?,21-,22+,24?;18-,19-,20+,21?,23?/m000/s1. The van der Waals surface area contributed by atoms with Crippen LogP contribution in [-0.4, -0.2) is 250 Å². The van der Waals surface area contributed by atoms with Crippen molar-refractivity contribution >= 4 is 52.1 Å². The Balaban J connectivity index is 0.000000140. The summed E-state index contributed by atoms with van der Waals surface area (Å²) in [6.07, 6.45) is 35.2. The number of hydrogen-bond acceptors (Lipinski definition) is 22. The molecule has 8 fully saturated rings. The van der Waals surface area contributed by atoms with Crippen molar-refractivity contribution in [1.82, 2.24) is 87.8 Å².